The number of phenolic OH excluding ortho intramolecular Hbond substituents is 1. The Morgan fingerprint density at radius 3 is 3.00 bits per heavy atom. The molecular weight excluding hydrogens is 278 g/mol. The molecule has 22 heavy (non-hydrogen) atoms. The molecule has 0 aromatic heterocycles. The number of ether oxygens (including phenoxy) is 1. The van der Waals surface area contributed by atoms with Gasteiger partial charge in [0.05, 0.1) is 7.11 Å². The Morgan fingerprint density at radius 2 is 2.23 bits per heavy atom. The molecule has 1 saturated carbocycles. The molecule has 4 heteroatoms. The van der Waals surface area contributed by atoms with Gasteiger partial charge in [0.1, 0.15) is 5.78 Å². The van der Waals surface area contributed by atoms with Gasteiger partial charge in [0, 0.05) is 29.9 Å². The standard InChI is InChI=1S/C18H23NO3/c1-19-8-7-18-10-12(20)4-5-13(18)14(19)9-11-3-6-15(22-2)17(21)16(11)18/h3,6,13-14,21H,4-5,7-10H2,1-2H3/t13?,14?,18-/m1/s1. The van der Waals surface area contributed by atoms with E-state index in [2.05, 4.69) is 18.0 Å². The van der Waals surface area contributed by atoms with Gasteiger partial charge in [-0.1, -0.05) is 6.07 Å². The SMILES string of the molecule is COc1ccc2c(c1O)[C@@]13CCN(C)C(C2)C1CCC(=O)C3. The normalized spacial score (nSPS) is 34.0. The Labute approximate surface area is 131 Å². The molecule has 0 amide bonds. The summed E-state index contributed by atoms with van der Waals surface area (Å²) in [6, 6.07) is 4.42. The van der Waals surface area contributed by atoms with E-state index in [-0.39, 0.29) is 11.2 Å². The molecule has 1 aromatic rings. The first kappa shape index (κ1) is 14.1. The first-order chi connectivity index (χ1) is 10.6. The molecule has 3 atom stereocenters. The number of nitrogens with zero attached hydrogens (tertiary/aromatic N) is 1. The van der Waals surface area contributed by atoms with Gasteiger partial charge in [-0.3, -0.25) is 4.79 Å². The Balaban J connectivity index is 1.95. The van der Waals surface area contributed by atoms with Crippen molar-refractivity contribution in [1.29, 1.82) is 0 Å². The lowest BCUT2D eigenvalue weighted by molar-refractivity contribution is -0.126. The van der Waals surface area contributed by atoms with Crippen LogP contribution in [-0.2, 0) is 16.6 Å². The van der Waals surface area contributed by atoms with E-state index in [1.54, 1.807) is 7.11 Å². The van der Waals surface area contributed by atoms with Crippen molar-refractivity contribution >= 4 is 5.78 Å². The van der Waals surface area contributed by atoms with Crippen molar-refractivity contribution in [2.75, 3.05) is 20.7 Å². The number of likely N-dealkylation sites (N-methyl/N-ethyl adjacent to an activating group) is 1. The summed E-state index contributed by atoms with van der Waals surface area (Å²) < 4.78 is 5.33. The van der Waals surface area contributed by atoms with Crippen LogP contribution >= 0.6 is 0 Å². The predicted octanol–water partition coefficient (Wildman–Crippen LogP) is 2.27. The van der Waals surface area contributed by atoms with Gasteiger partial charge in [0.2, 0.25) is 0 Å². The highest BCUT2D eigenvalue weighted by molar-refractivity contribution is 5.82. The number of methoxy groups -OCH3 is 1. The van der Waals surface area contributed by atoms with Crippen molar-refractivity contribution in [3.63, 3.8) is 0 Å². The molecule has 1 aromatic carbocycles. The number of fused-ring (bicyclic) bond motifs is 1. The van der Waals surface area contributed by atoms with Gasteiger partial charge in [0.25, 0.3) is 0 Å². The molecule has 1 N–H and O–H groups in total. The summed E-state index contributed by atoms with van der Waals surface area (Å²) >= 11 is 0. The van der Waals surface area contributed by atoms with Crippen molar-refractivity contribution in [3.8, 4) is 11.5 Å². The summed E-state index contributed by atoms with van der Waals surface area (Å²) in [5, 5.41) is 10.8. The van der Waals surface area contributed by atoms with E-state index in [0.29, 0.717) is 36.3 Å². The van der Waals surface area contributed by atoms with Crippen LogP contribution in [0.1, 0.15) is 36.8 Å². The number of carbonyl (C=O) groups is 1. The van der Waals surface area contributed by atoms with Gasteiger partial charge in [-0.25, -0.2) is 0 Å². The number of phenols is 1. The number of likely N-dealkylation sites (tertiary alicyclic amines) is 1. The number of carbonyl (C=O) groups excluding carboxylic acids is 1. The minimum absolute atomic E-state index is 0.182. The van der Waals surface area contributed by atoms with Crippen LogP contribution in [0.5, 0.6) is 11.5 Å². The zero-order chi connectivity index (χ0) is 15.5. The van der Waals surface area contributed by atoms with Crippen LogP contribution in [0, 0.1) is 5.92 Å². The Morgan fingerprint density at radius 1 is 1.41 bits per heavy atom. The van der Waals surface area contributed by atoms with Crippen LogP contribution in [0.15, 0.2) is 12.1 Å². The molecule has 4 nitrogen and oxygen atoms in total. The lowest BCUT2D eigenvalue weighted by Crippen LogP contribution is -2.60. The second kappa shape index (κ2) is 4.72. The second-order valence-electron chi connectivity index (χ2n) is 7.17. The summed E-state index contributed by atoms with van der Waals surface area (Å²) in [5.74, 6) is 1.61. The van der Waals surface area contributed by atoms with Crippen LogP contribution in [0.2, 0.25) is 0 Å². The fraction of sp³-hybridized carbons (Fsp3) is 0.611. The molecule has 2 unspecified atom stereocenters. The van der Waals surface area contributed by atoms with Crippen molar-refractivity contribution < 1.29 is 14.6 Å². The van der Waals surface area contributed by atoms with Crippen LogP contribution in [-0.4, -0.2) is 42.5 Å². The molecule has 1 aliphatic heterocycles. The predicted molar refractivity (Wildman–Crippen MR) is 83.4 cm³/mol. The molecule has 1 saturated heterocycles. The lowest BCUT2D eigenvalue weighted by Gasteiger charge is -2.58. The van der Waals surface area contributed by atoms with Crippen LogP contribution in [0.25, 0.3) is 0 Å². The zero-order valence-electron chi connectivity index (χ0n) is 13.3. The number of aromatic hydroxyl groups is 1. The van der Waals surface area contributed by atoms with Crippen LogP contribution < -0.4 is 4.74 Å². The van der Waals surface area contributed by atoms with E-state index in [9.17, 15) is 9.90 Å². The maximum Gasteiger partial charge on any atom is 0.161 e. The van der Waals surface area contributed by atoms with Gasteiger partial charge >= 0.3 is 0 Å². The third kappa shape index (κ3) is 1.70. The summed E-state index contributed by atoms with van der Waals surface area (Å²) in [7, 11) is 3.78. The summed E-state index contributed by atoms with van der Waals surface area (Å²) in [6.07, 6.45) is 4.13. The molecular formula is C18H23NO3. The second-order valence-corrected chi connectivity index (χ2v) is 7.17. The third-order valence-corrected chi connectivity index (χ3v) is 6.27. The van der Waals surface area contributed by atoms with Crippen molar-refractivity contribution in [2.45, 2.75) is 43.6 Å². The topological polar surface area (TPSA) is 49.8 Å². The highest BCUT2D eigenvalue weighted by atomic mass is 16.5. The van der Waals surface area contributed by atoms with E-state index in [1.807, 2.05) is 6.07 Å². The van der Waals surface area contributed by atoms with E-state index in [1.165, 1.54) is 5.56 Å². The number of benzene rings is 1. The Kier molecular flexibility index (Phi) is 3.02. The van der Waals surface area contributed by atoms with Gasteiger partial charge < -0.3 is 14.7 Å². The highest BCUT2D eigenvalue weighted by Crippen LogP contribution is 2.58. The van der Waals surface area contributed by atoms with E-state index in [0.717, 1.165) is 31.4 Å². The molecule has 0 spiro atoms. The summed E-state index contributed by atoms with van der Waals surface area (Å²) in [5.41, 5.74) is 2.02. The van der Waals surface area contributed by atoms with E-state index < -0.39 is 0 Å². The highest BCUT2D eigenvalue weighted by Gasteiger charge is 2.56. The fourth-order valence-electron chi connectivity index (χ4n) is 5.27. The van der Waals surface area contributed by atoms with Gasteiger partial charge in [-0.15, -0.1) is 0 Å². The maximum atomic E-state index is 12.2. The van der Waals surface area contributed by atoms with E-state index in [4.69, 9.17) is 4.74 Å². The number of rotatable bonds is 1. The quantitative estimate of drug-likeness (QED) is 0.864. The first-order valence-electron chi connectivity index (χ1n) is 8.18. The van der Waals surface area contributed by atoms with Crippen LogP contribution in [0.3, 0.4) is 0 Å². The molecule has 1 heterocycles. The number of piperidine rings is 1. The minimum atomic E-state index is -0.182. The number of hydrogen-bond acceptors (Lipinski definition) is 4. The molecule has 2 bridgehead atoms. The number of ketones is 1. The van der Waals surface area contributed by atoms with Crippen molar-refractivity contribution in [2.24, 2.45) is 5.92 Å². The number of hydrogen-bond donors (Lipinski definition) is 1. The molecule has 0 radical (unpaired) electrons. The lowest BCUT2D eigenvalue weighted by atomic mass is 9.52. The Hall–Kier alpha value is -1.55. The third-order valence-electron chi connectivity index (χ3n) is 6.27. The molecule has 118 valence electrons. The van der Waals surface area contributed by atoms with Crippen LogP contribution in [0.4, 0.5) is 0 Å². The molecule has 2 fully saturated rings. The largest absolute Gasteiger partial charge is 0.504 e. The average molecular weight is 301 g/mol. The molecule has 3 aliphatic rings. The van der Waals surface area contributed by atoms with Gasteiger partial charge in [0.15, 0.2) is 11.5 Å². The summed E-state index contributed by atoms with van der Waals surface area (Å²) in [6.45, 7) is 0.991. The zero-order valence-corrected chi connectivity index (χ0v) is 13.3. The van der Waals surface area contributed by atoms with Crippen molar-refractivity contribution in [1.82, 2.24) is 4.90 Å². The monoisotopic (exact) mass is 301 g/mol. The Bertz CT molecular complexity index is 641. The average Bonchev–Trinajstić information content (AvgIpc) is 2.50. The van der Waals surface area contributed by atoms with Crippen molar-refractivity contribution in [3.05, 3.63) is 23.3 Å². The smallest absolute Gasteiger partial charge is 0.161 e. The van der Waals surface area contributed by atoms with Gasteiger partial charge in [-0.2, -0.15) is 0 Å². The van der Waals surface area contributed by atoms with E-state index >= 15 is 0 Å². The fourth-order valence-corrected chi connectivity index (χ4v) is 5.27. The first-order valence-corrected chi connectivity index (χ1v) is 8.18. The minimum Gasteiger partial charge on any atom is -0.504 e. The summed E-state index contributed by atoms with van der Waals surface area (Å²) in [4.78, 5) is 14.7. The maximum absolute atomic E-state index is 12.2. The molecule has 2 aliphatic carbocycles. The molecule has 4 rings (SSSR count). The number of Topliss-reactive ketones (excluding diaryl/α,β-unsaturated/α-hetero) is 1. The van der Waals surface area contributed by atoms with Gasteiger partial charge in [-0.05, 0) is 50.4 Å².